The van der Waals surface area contributed by atoms with Crippen molar-refractivity contribution in [2.24, 2.45) is 5.84 Å². The molecule has 1 aliphatic rings. The van der Waals surface area contributed by atoms with Crippen LogP contribution in [0.5, 0.6) is 0 Å². The molecule has 1 fully saturated rings. The van der Waals surface area contributed by atoms with E-state index in [0.717, 1.165) is 13.2 Å². The number of hydrazine groups is 1. The number of hydrogen-bond donors (Lipinski definition) is 2. The Labute approximate surface area is 85.2 Å². The lowest BCUT2D eigenvalue weighted by molar-refractivity contribution is 0.403. The summed E-state index contributed by atoms with van der Waals surface area (Å²) in [6.45, 7) is 3.88. The van der Waals surface area contributed by atoms with Gasteiger partial charge in [-0.3, -0.25) is 11.3 Å². The summed E-state index contributed by atoms with van der Waals surface area (Å²) in [6, 6.07) is 10.0. The maximum Gasteiger partial charge on any atom is 0.0807 e. The minimum atomic E-state index is 0.634. The number of benzene rings is 1. The second kappa shape index (κ2) is 6.54. The van der Waals surface area contributed by atoms with E-state index in [1.54, 1.807) is 0 Å². The second-order valence-corrected chi connectivity index (χ2v) is 3.23. The summed E-state index contributed by atoms with van der Waals surface area (Å²) in [4.78, 5) is 0. The molecule has 1 unspecified atom stereocenters. The van der Waals surface area contributed by atoms with Crippen molar-refractivity contribution in [1.29, 1.82) is 0 Å². The Bertz CT molecular complexity index is 234. The van der Waals surface area contributed by atoms with Crippen molar-refractivity contribution in [2.45, 2.75) is 26.0 Å². The van der Waals surface area contributed by atoms with Crippen LogP contribution in [0.15, 0.2) is 30.3 Å². The van der Waals surface area contributed by atoms with E-state index in [1.165, 1.54) is 12.0 Å². The summed E-state index contributed by atoms with van der Waals surface area (Å²) in [5.74, 6) is 5.11. The first-order valence-corrected chi connectivity index (χ1v) is 4.95. The van der Waals surface area contributed by atoms with Gasteiger partial charge in [-0.2, -0.15) is 0 Å². The number of nitrogens with two attached hydrogens (primary N) is 1. The molecule has 1 aliphatic heterocycles. The van der Waals surface area contributed by atoms with Crippen LogP contribution in [0.2, 0.25) is 0 Å². The highest BCUT2D eigenvalue weighted by molar-refractivity contribution is 5.13. The predicted molar refractivity (Wildman–Crippen MR) is 57.5 cm³/mol. The summed E-state index contributed by atoms with van der Waals surface area (Å²) >= 11 is 0. The van der Waals surface area contributed by atoms with Crippen LogP contribution in [0, 0.1) is 0 Å². The van der Waals surface area contributed by atoms with Gasteiger partial charge in [0.1, 0.15) is 0 Å². The van der Waals surface area contributed by atoms with Gasteiger partial charge in [0.25, 0.3) is 0 Å². The zero-order chi connectivity index (χ0) is 10.2. The summed E-state index contributed by atoms with van der Waals surface area (Å²) in [5, 5.41) is 0. The van der Waals surface area contributed by atoms with Crippen LogP contribution in [0.4, 0.5) is 0 Å². The molecular weight excluding hydrogens is 176 g/mol. The summed E-state index contributed by atoms with van der Waals surface area (Å²) < 4.78 is 4.86. The van der Waals surface area contributed by atoms with Crippen molar-refractivity contribution in [2.75, 3.05) is 6.61 Å². The minimum absolute atomic E-state index is 0.634. The first-order chi connectivity index (χ1) is 6.86. The van der Waals surface area contributed by atoms with Gasteiger partial charge in [-0.1, -0.05) is 37.3 Å². The Morgan fingerprint density at radius 2 is 2.07 bits per heavy atom. The molecule has 3 nitrogen and oxygen atoms in total. The Morgan fingerprint density at radius 3 is 2.43 bits per heavy atom. The second-order valence-electron chi connectivity index (χ2n) is 3.23. The van der Waals surface area contributed by atoms with Crippen LogP contribution >= 0.6 is 0 Å². The quantitative estimate of drug-likeness (QED) is 0.435. The smallest absolute Gasteiger partial charge is 0.0807 e. The normalized spacial score (nSPS) is 18.3. The number of ether oxygens (including phenoxy) is 1. The fourth-order valence-electron chi connectivity index (χ4n) is 1.02. The molecule has 0 aliphatic carbocycles. The Balaban J connectivity index is 0.000000165. The number of nitrogens with one attached hydrogen (secondary N) is 1. The van der Waals surface area contributed by atoms with E-state index < -0.39 is 0 Å². The lowest BCUT2D eigenvalue weighted by Crippen LogP contribution is -2.20. The molecule has 14 heavy (non-hydrogen) atoms. The fraction of sp³-hybridized carbons (Fsp3) is 0.455. The third-order valence-corrected chi connectivity index (χ3v) is 2.01. The van der Waals surface area contributed by atoms with Gasteiger partial charge >= 0.3 is 0 Å². The molecule has 1 aromatic rings. The molecule has 2 rings (SSSR count). The molecule has 3 N–H and O–H groups in total. The standard InChI is InChI=1S/C7H10N2.C4H8O/c8-9-6-7-4-2-1-3-5-7;1-2-4-3-5-4/h1-5,9H,6,8H2;4H,2-3H2,1H3. The maximum absolute atomic E-state index is 5.11. The van der Waals surface area contributed by atoms with Crippen LogP contribution in [-0.2, 0) is 11.3 Å². The van der Waals surface area contributed by atoms with Crippen LogP contribution in [0.1, 0.15) is 18.9 Å². The molecule has 1 saturated heterocycles. The molecule has 0 bridgehead atoms. The lowest BCUT2D eigenvalue weighted by atomic mass is 10.2. The first kappa shape index (κ1) is 11.2. The minimum Gasteiger partial charge on any atom is -0.373 e. The molecule has 1 heterocycles. The van der Waals surface area contributed by atoms with Crippen molar-refractivity contribution < 1.29 is 4.74 Å². The van der Waals surface area contributed by atoms with Crippen molar-refractivity contribution in [3.05, 3.63) is 35.9 Å². The monoisotopic (exact) mass is 194 g/mol. The molecule has 3 heteroatoms. The Hall–Kier alpha value is -0.900. The molecule has 0 aromatic heterocycles. The zero-order valence-corrected chi connectivity index (χ0v) is 8.57. The Kier molecular flexibility index (Phi) is 5.22. The van der Waals surface area contributed by atoms with Gasteiger partial charge in [0.15, 0.2) is 0 Å². The van der Waals surface area contributed by atoms with Crippen molar-refractivity contribution in [3.63, 3.8) is 0 Å². The molecule has 0 saturated carbocycles. The summed E-state index contributed by atoms with van der Waals surface area (Å²) in [5.41, 5.74) is 3.79. The zero-order valence-electron chi connectivity index (χ0n) is 8.57. The van der Waals surface area contributed by atoms with E-state index in [1.807, 2.05) is 30.3 Å². The maximum atomic E-state index is 5.11. The number of hydrogen-bond acceptors (Lipinski definition) is 3. The van der Waals surface area contributed by atoms with Crippen molar-refractivity contribution >= 4 is 0 Å². The highest BCUT2D eigenvalue weighted by Gasteiger charge is 2.18. The highest BCUT2D eigenvalue weighted by atomic mass is 16.6. The van der Waals surface area contributed by atoms with Gasteiger partial charge < -0.3 is 4.74 Å². The highest BCUT2D eigenvalue weighted by Crippen LogP contribution is 2.10. The van der Waals surface area contributed by atoms with Gasteiger partial charge in [0.05, 0.1) is 12.7 Å². The number of rotatable bonds is 3. The third-order valence-electron chi connectivity index (χ3n) is 2.01. The topological polar surface area (TPSA) is 50.6 Å². The largest absolute Gasteiger partial charge is 0.373 e. The van der Waals surface area contributed by atoms with Gasteiger partial charge in [-0.05, 0) is 12.0 Å². The van der Waals surface area contributed by atoms with Crippen LogP contribution in [0.25, 0.3) is 0 Å². The fourth-order valence-corrected chi connectivity index (χ4v) is 1.02. The van der Waals surface area contributed by atoms with Gasteiger partial charge in [-0.15, -0.1) is 0 Å². The summed E-state index contributed by atoms with van der Waals surface area (Å²) in [7, 11) is 0. The van der Waals surface area contributed by atoms with E-state index in [2.05, 4.69) is 12.3 Å². The molecule has 78 valence electrons. The molecule has 0 amide bonds. The van der Waals surface area contributed by atoms with E-state index >= 15 is 0 Å². The third kappa shape index (κ3) is 4.97. The molecule has 1 aromatic carbocycles. The Morgan fingerprint density at radius 1 is 1.43 bits per heavy atom. The van der Waals surface area contributed by atoms with Crippen LogP contribution in [0.3, 0.4) is 0 Å². The van der Waals surface area contributed by atoms with Gasteiger partial charge in [0.2, 0.25) is 0 Å². The van der Waals surface area contributed by atoms with Gasteiger partial charge in [-0.25, -0.2) is 0 Å². The van der Waals surface area contributed by atoms with E-state index in [-0.39, 0.29) is 0 Å². The average Bonchev–Trinajstić information content (AvgIpc) is 3.04. The first-order valence-electron chi connectivity index (χ1n) is 4.95. The van der Waals surface area contributed by atoms with Crippen molar-refractivity contribution in [3.8, 4) is 0 Å². The molecule has 0 radical (unpaired) electrons. The van der Waals surface area contributed by atoms with Gasteiger partial charge in [0, 0.05) is 6.54 Å². The van der Waals surface area contributed by atoms with E-state index in [9.17, 15) is 0 Å². The summed E-state index contributed by atoms with van der Waals surface area (Å²) in [6.07, 6.45) is 1.83. The SMILES string of the molecule is CCC1CO1.NNCc1ccccc1. The van der Waals surface area contributed by atoms with Crippen LogP contribution in [-0.4, -0.2) is 12.7 Å². The molecule has 1 atom stereocenters. The van der Waals surface area contributed by atoms with Crippen LogP contribution < -0.4 is 11.3 Å². The number of epoxide rings is 1. The van der Waals surface area contributed by atoms with Crippen molar-refractivity contribution in [1.82, 2.24) is 5.43 Å². The lowest BCUT2D eigenvalue weighted by Gasteiger charge is -1.95. The average molecular weight is 194 g/mol. The molecule has 0 spiro atoms. The van der Waals surface area contributed by atoms with E-state index in [4.69, 9.17) is 10.6 Å². The van der Waals surface area contributed by atoms with E-state index in [0.29, 0.717) is 6.10 Å². The predicted octanol–water partition coefficient (Wildman–Crippen LogP) is 1.45. The molecular formula is C11H18N2O.